The molecule has 3 amide bonds. The number of benzene rings is 1. The monoisotopic (exact) mass is 502 g/mol. The highest BCUT2D eigenvalue weighted by Gasteiger charge is 2.32. The Morgan fingerprint density at radius 3 is 2.26 bits per heavy atom. The molecule has 0 heterocycles. The largest absolute Gasteiger partial charge is 0.488 e. The first-order chi connectivity index (χ1) is 16.2. The molecule has 0 radical (unpaired) electrons. The maximum absolute atomic E-state index is 13.0. The zero-order valence-corrected chi connectivity index (χ0v) is 18.8. The maximum Gasteiger partial charge on any atom is 0.488 e. The highest BCUT2D eigenvalue weighted by molar-refractivity contribution is 6.58. The van der Waals surface area contributed by atoms with Gasteiger partial charge in [0.15, 0.2) is 0 Å². The van der Waals surface area contributed by atoms with E-state index in [2.05, 4.69) is 16.0 Å². The first-order valence-corrected chi connectivity index (χ1v) is 11.0. The number of carbonyl (C=O) groups is 3. The van der Waals surface area contributed by atoms with Crippen LogP contribution in [-0.2, 0) is 20.6 Å². The zero-order chi connectivity index (χ0) is 26.3. The molecule has 0 aliphatic heterocycles. The highest BCUT2D eigenvalue weighted by atomic mass is 19.4. The molecule has 0 spiro atoms. The number of nitrogens with two attached hydrogens (primary N) is 3. The van der Waals surface area contributed by atoms with Gasteiger partial charge in [-0.05, 0) is 43.3 Å². The van der Waals surface area contributed by atoms with Crippen LogP contribution in [-0.4, -0.2) is 65.6 Å². The molecule has 1 saturated carbocycles. The Kier molecular flexibility index (Phi) is 10.0. The molecule has 11 nitrogen and oxygen atoms in total. The van der Waals surface area contributed by atoms with Crippen molar-refractivity contribution in [2.75, 3.05) is 11.9 Å². The molecule has 194 valence electrons. The van der Waals surface area contributed by atoms with E-state index in [-0.39, 0.29) is 42.6 Å². The van der Waals surface area contributed by atoms with Crippen molar-refractivity contribution in [1.29, 1.82) is 0 Å². The fourth-order valence-corrected chi connectivity index (χ4v) is 3.78. The van der Waals surface area contributed by atoms with Gasteiger partial charge in [0, 0.05) is 30.2 Å². The molecule has 1 aromatic carbocycles. The standard InChI is InChI=1S/C20H30BF3N6O5/c22-20(23,24)10-3-11(21(34)35)5-14(4-10)30-18(32)9-28-19(33)16(27)1-2-17(31)29-15-7-12(25)6-13(26)8-15/h3-5,12-13,15-16,34-35H,1-2,6-9,25-27H2,(H,28,33)(H,29,31)(H,30,32). The van der Waals surface area contributed by atoms with Crippen molar-refractivity contribution in [3.63, 3.8) is 0 Å². The predicted octanol–water partition coefficient (Wildman–Crippen LogP) is -2.13. The Morgan fingerprint density at radius 1 is 1.06 bits per heavy atom. The van der Waals surface area contributed by atoms with E-state index in [0.717, 1.165) is 6.07 Å². The van der Waals surface area contributed by atoms with Crippen LogP contribution in [0.3, 0.4) is 0 Å². The molecule has 0 bridgehead atoms. The highest BCUT2D eigenvalue weighted by Crippen LogP contribution is 2.30. The van der Waals surface area contributed by atoms with Crippen LogP contribution in [0.2, 0.25) is 0 Å². The zero-order valence-electron chi connectivity index (χ0n) is 18.8. The van der Waals surface area contributed by atoms with Crippen molar-refractivity contribution in [2.45, 2.75) is 62.4 Å². The van der Waals surface area contributed by atoms with Gasteiger partial charge >= 0.3 is 13.3 Å². The molecule has 0 aromatic heterocycles. The van der Waals surface area contributed by atoms with Crippen LogP contribution in [0.25, 0.3) is 0 Å². The Balaban J connectivity index is 1.80. The molecular weight excluding hydrogens is 472 g/mol. The lowest BCUT2D eigenvalue weighted by Gasteiger charge is -2.31. The summed E-state index contributed by atoms with van der Waals surface area (Å²) in [7, 11) is -2.19. The summed E-state index contributed by atoms with van der Waals surface area (Å²) < 4.78 is 39.0. The van der Waals surface area contributed by atoms with E-state index in [9.17, 15) is 37.6 Å². The van der Waals surface area contributed by atoms with E-state index >= 15 is 0 Å². The van der Waals surface area contributed by atoms with Gasteiger partial charge in [0.1, 0.15) is 0 Å². The van der Waals surface area contributed by atoms with Gasteiger partial charge in [-0.15, -0.1) is 0 Å². The Morgan fingerprint density at radius 2 is 1.69 bits per heavy atom. The summed E-state index contributed by atoms with van der Waals surface area (Å²) in [5.74, 6) is -1.92. The van der Waals surface area contributed by atoms with Crippen molar-refractivity contribution in [3.8, 4) is 0 Å². The summed E-state index contributed by atoms with van der Waals surface area (Å²) >= 11 is 0. The molecule has 1 aliphatic rings. The third-order valence-corrected chi connectivity index (χ3v) is 5.45. The second-order valence-corrected chi connectivity index (χ2v) is 8.62. The Labute approximate surface area is 200 Å². The minimum Gasteiger partial charge on any atom is -0.423 e. The van der Waals surface area contributed by atoms with E-state index in [1.54, 1.807) is 0 Å². The Hall–Kier alpha value is -2.72. The van der Waals surface area contributed by atoms with E-state index < -0.39 is 48.7 Å². The van der Waals surface area contributed by atoms with Crippen LogP contribution < -0.4 is 38.6 Å². The lowest BCUT2D eigenvalue weighted by molar-refractivity contribution is -0.137. The number of alkyl halides is 3. The van der Waals surface area contributed by atoms with Crippen molar-refractivity contribution >= 4 is 36.0 Å². The normalized spacial score (nSPS) is 21.1. The SMILES string of the molecule is NC1CC(N)CC(NC(=O)CCC(N)C(=O)NCC(=O)Nc2cc(B(O)O)cc(C(F)(F)F)c2)C1. The van der Waals surface area contributed by atoms with Gasteiger partial charge in [0.05, 0.1) is 18.2 Å². The third-order valence-electron chi connectivity index (χ3n) is 5.45. The molecule has 15 heteroatoms. The third kappa shape index (κ3) is 9.45. The summed E-state index contributed by atoms with van der Waals surface area (Å²) in [6.45, 7) is -0.607. The van der Waals surface area contributed by atoms with Gasteiger partial charge in [-0.1, -0.05) is 6.07 Å². The predicted molar refractivity (Wildman–Crippen MR) is 122 cm³/mol. The number of nitrogens with one attached hydrogen (secondary N) is 3. The van der Waals surface area contributed by atoms with Gasteiger partial charge in [0.2, 0.25) is 17.7 Å². The molecule has 3 atom stereocenters. The molecule has 1 aliphatic carbocycles. The van der Waals surface area contributed by atoms with Gasteiger partial charge in [-0.3, -0.25) is 14.4 Å². The average molecular weight is 502 g/mol. The maximum atomic E-state index is 13.0. The van der Waals surface area contributed by atoms with Crippen molar-refractivity contribution in [2.24, 2.45) is 17.2 Å². The second-order valence-electron chi connectivity index (χ2n) is 8.62. The van der Waals surface area contributed by atoms with Crippen LogP contribution >= 0.6 is 0 Å². The van der Waals surface area contributed by atoms with Crippen molar-refractivity contribution in [1.82, 2.24) is 10.6 Å². The lowest BCUT2D eigenvalue weighted by atomic mass is 9.79. The van der Waals surface area contributed by atoms with E-state index in [1.165, 1.54) is 0 Å². The van der Waals surface area contributed by atoms with E-state index in [1.807, 2.05) is 0 Å². The smallest absolute Gasteiger partial charge is 0.423 e. The molecule has 0 saturated heterocycles. The summed E-state index contributed by atoms with van der Waals surface area (Å²) in [5.41, 5.74) is 15.5. The molecule has 1 fully saturated rings. The topological polar surface area (TPSA) is 206 Å². The number of rotatable bonds is 9. The van der Waals surface area contributed by atoms with E-state index in [4.69, 9.17) is 17.2 Å². The molecule has 3 unspecified atom stereocenters. The number of anilines is 1. The van der Waals surface area contributed by atoms with Crippen LogP contribution in [0.1, 0.15) is 37.7 Å². The molecular formula is C20H30BF3N6O5. The number of amides is 3. The van der Waals surface area contributed by atoms with Crippen LogP contribution in [0, 0.1) is 0 Å². The summed E-state index contributed by atoms with van der Waals surface area (Å²) in [5, 5.41) is 25.6. The average Bonchev–Trinajstić information content (AvgIpc) is 2.74. The lowest BCUT2D eigenvalue weighted by Crippen LogP contribution is -2.49. The van der Waals surface area contributed by atoms with Crippen molar-refractivity contribution in [3.05, 3.63) is 23.8 Å². The molecule has 2 rings (SSSR count). The van der Waals surface area contributed by atoms with Crippen LogP contribution in [0.5, 0.6) is 0 Å². The summed E-state index contributed by atoms with van der Waals surface area (Å²) in [4.78, 5) is 36.3. The van der Waals surface area contributed by atoms with E-state index in [0.29, 0.717) is 31.4 Å². The quantitative estimate of drug-likeness (QED) is 0.175. The van der Waals surface area contributed by atoms with Crippen LogP contribution in [0.4, 0.5) is 18.9 Å². The minimum absolute atomic E-state index is 0.00448. The number of halogens is 3. The Bertz CT molecular complexity index is 910. The summed E-state index contributed by atoms with van der Waals surface area (Å²) in [6, 6.07) is 0.651. The molecule has 11 N–H and O–H groups in total. The summed E-state index contributed by atoms with van der Waals surface area (Å²) in [6.07, 6.45) is -2.94. The number of carbonyl (C=O) groups excluding carboxylic acids is 3. The van der Waals surface area contributed by atoms with Gasteiger partial charge in [-0.2, -0.15) is 13.2 Å². The van der Waals surface area contributed by atoms with Gasteiger partial charge < -0.3 is 43.2 Å². The second kappa shape index (κ2) is 12.3. The van der Waals surface area contributed by atoms with Crippen molar-refractivity contribution < 1.29 is 37.6 Å². The van der Waals surface area contributed by atoms with Gasteiger partial charge in [0.25, 0.3) is 0 Å². The molecule has 1 aromatic rings. The fraction of sp³-hybridized carbons (Fsp3) is 0.550. The first-order valence-electron chi connectivity index (χ1n) is 11.0. The number of hydrogen-bond acceptors (Lipinski definition) is 8. The van der Waals surface area contributed by atoms with Gasteiger partial charge in [-0.25, -0.2) is 0 Å². The minimum atomic E-state index is -4.79. The molecule has 35 heavy (non-hydrogen) atoms. The van der Waals surface area contributed by atoms with Crippen LogP contribution in [0.15, 0.2) is 18.2 Å². The fourth-order valence-electron chi connectivity index (χ4n) is 3.78. The number of hydrogen-bond donors (Lipinski definition) is 8. The first kappa shape index (κ1) is 28.5.